The lowest BCUT2D eigenvalue weighted by Gasteiger charge is -2.29. The zero-order chi connectivity index (χ0) is 16.1. The normalized spacial score (nSPS) is 21.2. The Morgan fingerprint density at radius 3 is 2.77 bits per heavy atom. The lowest BCUT2D eigenvalue weighted by atomic mass is 9.86. The van der Waals surface area contributed by atoms with E-state index < -0.39 is 5.91 Å². The Morgan fingerprint density at radius 1 is 1.36 bits per heavy atom. The summed E-state index contributed by atoms with van der Waals surface area (Å²) in [6.07, 6.45) is 4.49. The molecule has 22 heavy (non-hydrogen) atoms. The summed E-state index contributed by atoms with van der Waals surface area (Å²) >= 11 is 5.83. The summed E-state index contributed by atoms with van der Waals surface area (Å²) < 4.78 is 5.42. The number of rotatable bonds is 5. The molecule has 1 aromatic rings. The molecule has 1 aromatic carbocycles. The quantitative estimate of drug-likeness (QED) is 0.873. The Labute approximate surface area is 135 Å². The van der Waals surface area contributed by atoms with Gasteiger partial charge in [-0.1, -0.05) is 31.4 Å². The van der Waals surface area contributed by atoms with Crippen LogP contribution in [0.5, 0.6) is 5.75 Å². The van der Waals surface area contributed by atoms with Crippen LogP contribution >= 0.6 is 11.6 Å². The molecule has 0 heterocycles. The molecule has 2 unspecified atom stereocenters. The zero-order valence-corrected chi connectivity index (χ0v) is 13.4. The first-order chi connectivity index (χ1) is 10.5. The number of halogens is 1. The second kappa shape index (κ2) is 7.49. The van der Waals surface area contributed by atoms with Gasteiger partial charge >= 0.3 is 0 Å². The van der Waals surface area contributed by atoms with Gasteiger partial charge in [-0.05, 0) is 37.0 Å². The van der Waals surface area contributed by atoms with E-state index in [0.29, 0.717) is 10.9 Å². The van der Waals surface area contributed by atoms with Crippen LogP contribution in [0.2, 0.25) is 5.02 Å². The van der Waals surface area contributed by atoms with E-state index in [1.165, 1.54) is 12.5 Å². The van der Waals surface area contributed by atoms with E-state index in [1.807, 2.05) is 0 Å². The largest absolute Gasteiger partial charge is 0.483 e. The van der Waals surface area contributed by atoms with Crippen LogP contribution in [0.25, 0.3) is 0 Å². The van der Waals surface area contributed by atoms with Gasteiger partial charge in [-0.15, -0.1) is 0 Å². The molecule has 0 bridgehead atoms. The molecule has 2 rings (SSSR count). The highest BCUT2D eigenvalue weighted by Crippen LogP contribution is 2.24. The fourth-order valence-electron chi connectivity index (χ4n) is 2.74. The molecule has 0 aliphatic heterocycles. The smallest absolute Gasteiger partial charge is 0.258 e. The maximum absolute atomic E-state index is 12.0. The number of carbonyl (C=O) groups excluding carboxylic acids is 2. The Balaban J connectivity index is 1.92. The predicted molar refractivity (Wildman–Crippen MR) is 85.0 cm³/mol. The topological polar surface area (TPSA) is 81.4 Å². The first-order valence-electron chi connectivity index (χ1n) is 7.49. The molecule has 1 saturated carbocycles. The van der Waals surface area contributed by atoms with Crippen molar-refractivity contribution < 1.29 is 14.3 Å². The van der Waals surface area contributed by atoms with Gasteiger partial charge < -0.3 is 15.8 Å². The SMILES string of the molecule is CC1CCCCC1NC(=O)COc1ccc(Cl)cc1C(N)=O. The Hall–Kier alpha value is -1.75. The molecule has 0 spiro atoms. The van der Waals surface area contributed by atoms with Crippen molar-refractivity contribution in [3.8, 4) is 5.75 Å². The number of primary amides is 1. The molecule has 1 fully saturated rings. The second-order valence-electron chi connectivity index (χ2n) is 5.73. The standard InChI is InChI=1S/C16H21ClN2O3/c1-10-4-2-3-5-13(10)19-15(20)9-22-14-7-6-11(17)8-12(14)16(18)21/h6-8,10,13H,2-5,9H2,1H3,(H2,18,21)(H,19,20). The van der Waals surface area contributed by atoms with Gasteiger partial charge in [0.05, 0.1) is 5.56 Å². The summed E-state index contributed by atoms with van der Waals surface area (Å²) in [5, 5.41) is 3.38. The molecular formula is C16H21ClN2O3. The van der Waals surface area contributed by atoms with E-state index in [9.17, 15) is 9.59 Å². The van der Waals surface area contributed by atoms with Crippen LogP contribution in [0.3, 0.4) is 0 Å². The number of hydrogen-bond acceptors (Lipinski definition) is 3. The maximum Gasteiger partial charge on any atom is 0.258 e. The first-order valence-corrected chi connectivity index (χ1v) is 7.86. The predicted octanol–water partition coefficient (Wildman–Crippen LogP) is 2.51. The monoisotopic (exact) mass is 324 g/mol. The molecule has 0 aromatic heterocycles. The van der Waals surface area contributed by atoms with Gasteiger partial charge in [-0.25, -0.2) is 0 Å². The van der Waals surface area contributed by atoms with Gasteiger partial charge in [0.1, 0.15) is 5.75 Å². The highest BCUT2D eigenvalue weighted by Gasteiger charge is 2.23. The van der Waals surface area contributed by atoms with Crippen LogP contribution < -0.4 is 15.8 Å². The summed E-state index contributed by atoms with van der Waals surface area (Å²) in [4.78, 5) is 23.4. The highest BCUT2D eigenvalue weighted by atomic mass is 35.5. The van der Waals surface area contributed by atoms with Crippen LogP contribution in [-0.4, -0.2) is 24.5 Å². The summed E-state index contributed by atoms with van der Waals surface area (Å²) in [5.74, 6) is -0.0823. The minimum Gasteiger partial charge on any atom is -0.483 e. The second-order valence-corrected chi connectivity index (χ2v) is 6.17. The van der Waals surface area contributed by atoms with Gasteiger partial charge in [0, 0.05) is 11.1 Å². The number of hydrogen-bond donors (Lipinski definition) is 2. The Morgan fingerprint density at radius 2 is 2.09 bits per heavy atom. The highest BCUT2D eigenvalue weighted by molar-refractivity contribution is 6.31. The van der Waals surface area contributed by atoms with Gasteiger partial charge in [0.2, 0.25) is 0 Å². The van der Waals surface area contributed by atoms with Crippen molar-refractivity contribution in [1.82, 2.24) is 5.32 Å². The zero-order valence-electron chi connectivity index (χ0n) is 12.6. The molecule has 2 atom stereocenters. The van der Waals surface area contributed by atoms with Crippen molar-refractivity contribution in [1.29, 1.82) is 0 Å². The molecule has 0 radical (unpaired) electrons. The van der Waals surface area contributed by atoms with Crippen LogP contribution in [-0.2, 0) is 4.79 Å². The van der Waals surface area contributed by atoms with Crippen LogP contribution in [0, 0.1) is 5.92 Å². The van der Waals surface area contributed by atoms with E-state index in [1.54, 1.807) is 12.1 Å². The molecule has 5 nitrogen and oxygen atoms in total. The number of amides is 2. The van der Waals surface area contributed by atoms with Crippen molar-refractivity contribution in [2.45, 2.75) is 38.6 Å². The number of nitrogens with two attached hydrogens (primary N) is 1. The third kappa shape index (κ3) is 4.37. The third-order valence-corrected chi connectivity index (χ3v) is 4.26. The summed E-state index contributed by atoms with van der Waals surface area (Å²) in [6, 6.07) is 4.76. The van der Waals surface area contributed by atoms with Crippen molar-refractivity contribution in [3.05, 3.63) is 28.8 Å². The van der Waals surface area contributed by atoms with Gasteiger partial charge in [-0.3, -0.25) is 9.59 Å². The van der Waals surface area contributed by atoms with Crippen molar-refractivity contribution in [2.24, 2.45) is 11.7 Å². The van der Waals surface area contributed by atoms with Crippen molar-refractivity contribution in [3.63, 3.8) is 0 Å². The molecule has 1 aliphatic carbocycles. The minimum absolute atomic E-state index is 0.148. The fraction of sp³-hybridized carbons (Fsp3) is 0.500. The number of ether oxygens (including phenoxy) is 1. The van der Waals surface area contributed by atoms with E-state index >= 15 is 0 Å². The molecule has 0 saturated heterocycles. The number of benzene rings is 1. The minimum atomic E-state index is -0.640. The Kier molecular flexibility index (Phi) is 5.66. The number of carbonyl (C=O) groups is 2. The van der Waals surface area contributed by atoms with Crippen molar-refractivity contribution >= 4 is 23.4 Å². The fourth-order valence-corrected chi connectivity index (χ4v) is 2.92. The van der Waals surface area contributed by atoms with Crippen LogP contribution in [0.1, 0.15) is 43.0 Å². The summed E-state index contributed by atoms with van der Waals surface area (Å²) in [5.41, 5.74) is 5.45. The lowest BCUT2D eigenvalue weighted by molar-refractivity contribution is -0.124. The van der Waals surface area contributed by atoms with E-state index in [0.717, 1.165) is 19.3 Å². The molecule has 6 heteroatoms. The van der Waals surface area contributed by atoms with Gasteiger partial charge in [0.25, 0.3) is 11.8 Å². The van der Waals surface area contributed by atoms with E-state index in [2.05, 4.69) is 12.2 Å². The molecular weight excluding hydrogens is 304 g/mol. The first kappa shape index (κ1) is 16.6. The summed E-state index contributed by atoms with van der Waals surface area (Å²) in [6.45, 7) is 2.00. The summed E-state index contributed by atoms with van der Waals surface area (Å²) in [7, 11) is 0. The van der Waals surface area contributed by atoms with Gasteiger partial charge in [0.15, 0.2) is 6.61 Å². The average molecular weight is 325 g/mol. The maximum atomic E-state index is 12.0. The van der Waals surface area contributed by atoms with E-state index in [4.69, 9.17) is 22.1 Å². The molecule has 3 N–H and O–H groups in total. The van der Waals surface area contributed by atoms with Crippen molar-refractivity contribution in [2.75, 3.05) is 6.61 Å². The van der Waals surface area contributed by atoms with Gasteiger partial charge in [-0.2, -0.15) is 0 Å². The molecule has 120 valence electrons. The molecule has 1 aliphatic rings. The van der Waals surface area contributed by atoms with Crippen LogP contribution in [0.15, 0.2) is 18.2 Å². The average Bonchev–Trinajstić information content (AvgIpc) is 2.48. The Bertz CT molecular complexity index is 562. The van der Waals surface area contributed by atoms with Crippen LogP contribution in [0.4, 0.5) is 0 Å². The van der Waals surface area contributed by atoms with E-state index in [-0.39, 0.29) is 29.9 Å². The molecule has 2 amide bonds. The number of nitrogens with one attached hydrogen (secondary N) is 1. The third-order valence-electron chi connectivity index (χ3n) is 4.02. The lowest BCUT2D eigenvalue weighted by Crippen LogP contribution is -2.43.